The van der Waals surface area contributed by atoms with Crippen LogP contribution in [0.1, 0.15) is 15.9 Å². The Labute approximate surface area is 117 Å². The molecule has 2 N–H and O–H groups in total. The van der Waals surface area contributed by atoms with Gasteiger partial charge in [0.2, 0.25) is 12.1 Å². The number of imidazole rings is 1. The molecule has 0 aliphatic rings. The summed E-state index contributed by atoms with van der Waals surface area (Å²) in [4.78, 5) is 12.0. The van der Waals surface area contributed by atoms with Crippen LogP contribution in [-0.2, 0) is 20.1 Å². The zero-order valence-electron chi connectivity index (χ0n) is 10.2. The van der Waals surface area contributed by atoms with E-state index in [0.717, 1.165) is 5.56 Å². The number of nitrogens with two attached hydrogens (primary N) is 1. The first-order valence-corrected chi connectivity index (χ1v) is 5.52. The maximum Gasteiger partial charge on any atom is 0.243 e. The lowest BCUT2D eigenvalue weighted by Gasteiger charge is -2.01. The summed E-state index contributed by atoms with van der Waals surface area (Å²) in [5, 5.41) is 0. The van der Waals surface area contributed by atoms with Gasteiger partial charge in [0.15, 0.2) is 6.54 Å². The molecule has 1 aromatic carbocycles. The van der Waals surface area contributed by atoms with Gasteiger partial charge in [0.25, 0.3) is 0 Å². The van der Waals surface area contributed by atoms with Gasteiger partial charge in [-0.2, -0.15) is 0 Å². The molecule has 0 unspecified atom stereocenters. The monoisotopic (exact) mass is 309 g/mol. The van der Waals surface area contributed by atoms with Crippen LogP contribution in [0.3, 0.4) is 0 Å². The fraction of sp³-hybridized carbons (Fsp3) is 0.231. The number of nitrogens with zero attached hydrogens (tertiary/aromatic N) is 2. The van der Waals surface area contributed by atoms with Crippen molar-refractivity contribution >= 4 is 5.78 Å². The second-order valence-corrected chi connectivity index (χ2v) is 4.08. The number of hydrogen-bond acceptors (Lipinski definition) is 2. The second-order valence-electron chi connectivity index (χ2n) is 4.08. The maximum absolute atomic E-state index is 12.0. The Balaban J connectivity index is 0.00000162. The van der Waals surface area contributed by atoms with Gasteiger partial charge in [-0.1, -0.05) is 18.2 Å². The van der Waals surface area contributed by atoms with E-state index >= 15 is 0 Å². The highest BCUT2D eigenvalue weighted by atomic mass is 79.9. The fourth-order valence-electron chi connectivity index (χ4n) is 1.72. The molecule has 0 atom stereocenters. The summed E-state index contributed by atoms with van der Waals surface area (Å²) in [6, 6.07) is 7.47. The van der Waals surface area contributed by atoms with Gasteiger partial charge >= 0.3 is 0 Å². The van der Waals surface area contributed by atoms with Crippen molar-refractivity contribution < 1.29 is 26.3 Å². The molecule has 2 rings (SSSR count). The Hall–Kier alpha value is -1.46. The van der Waals surface area contributed by atoms with Gasteiger partial charge in [-0.3, -0.25) is 4.79 Å². The lowest BCUT2D eigenvalue weighted by atomic mass is 10.1. The van der Waals surface area contributed by atoms with Crippen LogP contribution in [0.4, 0.5) is 0 Å². The van der Waals surface area contributed by atoms with Crippen LogP contribution in [0.25, 0.3) is 0 Å². The zero-order chi connectivity index (χ0) is 12.3. The molecule has 0 saturated heterocycles. The van der Waals surface area contributed by atoms with Crippen molar-refractivity contribution in [2.24, 2.45) is 12.8 Å². The van der Waals surface area contributed by atoms with Crippen molar-refractivity contribution in [3.8, 4) is 0 Å². The topological polar surface area (TPSA) is 51.9 Å². The highest BCUT2D eigenvalue weighted by Crippen LogP contribution is 2.05. The van der Waals surface area contributed by atoms with Gasteiger partial charge < -0.3 is 22.7 Å². The number of aryl methyl sites for hydroxylation is 1. The number of rotatable bonds is 4. The molecule has 18 heavy (non-hydrogen) atoms. The van der Waals surface area contributed by atoms with Gasteiger partial charge in [0.05, 0.1) is 7.05 Å². The number of carbonyl (C=O) groups is 1. The van der Waals surface area contributed by atoms with E-state index in [1.807, 2.05) is 59.2 Å². The molecule has 0 bridgehead atoms. The third kappa shape index (κ3) is 3.51. The summed E-state index contributed by atoms with van der Waals surface area (Å²) < 4.78 is 3.76. The highest BCUT2D eigenvalue weighted by Gasteiger charge is 2.10. The molecule has 2 aromatic rings. The number of ketones is 1. The maximum atomic E-state index is 12.0. The Morgan fingerprint density at radius 3 is 2.83 bits per heavy atom. The van der Waals surface area contributed by atoms with Gasteiger partial charge in [-0.25, -0.2) is 9.13 Å². The smallest absolute Gasteiger partial charge is 0.243 e. The Morgan fingerprint density at radius 2 is 2.22 bits per heavy atom. The molecule has 5 heteroatoms. The molecule has 4 nitrogen and oxygen atoms in total. The molecule has 96 valence electrons. The van der Waals surface area contributed by atoms with Crippen molar-refractivity contribution in [3.63, 3.8) is 0 Å². The molecule has 0 spiro atoms. The number of benzene rings is 1. The molecule has 0 aliphatic heterocycles. The second kappa shape index (κ2) is 6.47. The minimum absolute atomic E-state index is 0. The Kier molecular flexibility index (Phi) is 5.25. The third-order valence-corrected chi connectivity index (χ3v) is 2.63. The van der Waals surface area contributed by atoms with Crippen LogP contribution in [0.2, 0.25) is 0 Å². The summed E-state index contributed by atoms with van der Waals surface area (Å²) in [6.07, 6.45) is 5.67. The van der Waals surface area contributed by atoms with Gasteiger partial charge in [0.1, 0.15) is 12.4 Å². The van der Waals surface area contributed by atoms with Crippen molar-refractivity contribution in [3.05, 3.63) is 54.1 Å². The van der Waals surface area contributed by atoms with Crippen LogP contribution in [0, 0.1) is 0 Å². The molecule has 0 aliphatic carbocycles. The van der Waals surface area contributed by atoms with E-state index in [0.29, 0.717) is 18.7 Å². The van der Waals surface area contributed by atoms with E-state index < -0.39 is 0 Å². The first-order valence-electron chi connectivity index (χ1n) is 5.52. The molecule has 0 fully saturated rings. The number of Topliss-reactive ketones (excluding diaryl/α,β-unsaturated/α-hetero) is 1. The third-order valence-electron chi connectivity index (χ3n) is 2.63. The predicted octanol–water partition coefficient (Wildman–Crippen LogP) is -2.34. The zero-order valence-corrected chi connectivity index (χ0v) is 11.8. The average molecular weight is 310 g/mol. The van der Waals surface area contributed by atoms with Crippen molar-refractivity contribution in [2.45, 2.75) is 13.1 Å². The number of carbonyl (C=O) groups excluding carboxylic acids is 1. The minimum atomic E-state index is 0. The molecule has 1 heterocycles. The normalized spacial score (nSPS) is 9.89. The lowest BCUT2D eigenvalue weighted by Crippen LogP contribution is -3.00. The largest absolute Gasteiger partial charge is 1.00 e. The van der Waals surface area contributed by atoms with Crippen LogP contribution in [-0.4, -0.2) is 10.4 Å². The van der Waals surface area contributed by atoms with Gasteiger partial charge in [-0.15, -0.1) is 0 Å². The Bertz CT molecular complexity index is 537. The molecule has 0 saturated carbocycles. The first kappa shape index (κ1) is 14.6. The first-order chi connectivity index (χ1) is 8.19. The average Bonchev–Trinajstić information content (AvgIpc) is 2.75. The van der Waals surface area contributed by atoms with E-state index in [1.54, 1.807) is 0 Å². The lowest BCUT2D eigenvalue weighted by molar-refractivity contribution is -0.682. The van der Waals surface area contributed by atoms with Crippen LogP contribution in [0.5, 0.6) is 0 Å². The minimum Gasteiger partial charge on any atom is -1.00 e. The van der Waals surface area contributed by atoms with Crippen LogP contribution in [0.15, 0.2) is 43.0 Å². The summed E-state index contributed by atoms with van der Waals surface area (Å²) >= 11 is 0. The Morgan fingerprint density at radius 1 is 1.44 bits per heavy atom. The molecular weight excluding hydrogens is 294 g/mol. The summed E-state index contributed by atoms with van der Waals surface area (Å²) in [6.45, 7) is 0.814. The summed E-state index contributed by atoms with van der Waals surface area (Å²) in [7, 11) is 1.93. The van der Waals surface area contributed by atoms with E-state index in [4.69, 9.17) is 5.73 Å². The van der Waals surface area contributed by atoms with Crippen LogP contribution < -0.4 is 27.3 Å². The number of halogens is 1. The van der Waals surface area contributed by atoms with Crippen molar-refractivity contribution in [2.75, 3.05) is 0 Å². The van der Waals surface area contributed by atoms with E-state index in [9.17, 15) is 4.79 Å². The highest BCUT2D eigenvalue weighted by molar-refractivity contribution is 5.95. The van der Waals surface area contributed by atoms with Gasteiger partial charge in [0, 0.05) is 12.1 Å². The predicted molar refractivity (Wildman–Crippen MR) is 64.3 cm³/mol. The number of aromatic nitrogens is 2. The molecule has 0 radical (unpaired) electrons. The standard InChI is InChI=1S/C13H16N3O.BrH/c1-15-5-6-16(10-15)9-13(17)12-4-2-3-11(7-12)8-14;/h2-7,10H,8-9,14H2,1H3;1H/q+1;/p-1. The van der Waals surface area contributed by atoms with E-state index in [-0.39, 0.29) is 22.8 Å². The molecule has 0 amide bonds. The molecule has 1 aromatic heterocycles. The quantitative estimate of drug-likeness (QED) is 0.508. The van der Waals surface area contributed by atoms with Crippen molar-refractivity contribution in [1.82, 2.24) is 4.57 Å². The summed E-state index contributed by atoms with van der Waals surface area (Å²) in [5.41, 5.74) is 7.25. The fourth-order valence-corrected chi connectivity index (χ4v) is 1.72. The van der Waals surface area contributed by atoms with Crippen LogP contribution >= 0.6 is 0 Å². The van der Waals surface area contributed by atoms with E-state index in [1.165, 1.54) is 0 Å². The number of hydrogen-bond donors (Lipinski definition) is 1. The van der Waals surface area contributed by atoms with E-state index in [2.05, 4.69) is 0 Å². The molecular formula is C13H16BrN3O. The van der Waals surface area contributed by atoms with Crippen molar-refractivity contribution in [1.29, 1.82) is 0 Å². The summed E-state index contributed by atoms with van der Waals surface area (Å²) in [5.74, 6) is 0.0940. The SMILES string of the molecule is Cn1cc[n+](CC(=O)c2cccc(CN)c2)c1.[Br-]. The van der Waals surface area contributed by atoms with Gasteiger partial charge in [-0.05, 0) is 11.6 Å².